The van der Waals surface area contributed by atoms with Gasteiger partial charge in [-0.3, -0.25) is 4.90 Å². The van der Waals surface area contributed by atoms with Gasteiger partial charge in [0.15, 0.2) is 0 Å². The zero-order valence-corrected chi connectivity index (χ0v) is 9.21. The lowest BCUT2D eigenvalue weighted by Crippen LogP contribution is -2.47. The Morgan fingerprint density at radius 1 is 1.31 bits per heavy atom. The smallest absolute Gasteiger partial charge is 0.130 e. The van der Waals surface area contributed by atoms with Gasteiger partial charge in [-0.25, -0.2) is 8.78 Å². The fourth-order valence-electron chi connectivity index (χ4n) is 2.00. The Morgan fingerprint density at radius 3 is 2.62 bits per heavy atom. The highest BCUT2D eigenvalue weighted by molar-refractivity contribution is 5.25. The first kappa shape index (κ1) is 11.5. The predicted octanol–water partition coefficient (Wildman–Crippen LogP) is 1.70. The van der Waals surface area contributed by atoms with Crippen LogP contribution in [0.3, 0.4) is 0 Å². The number of likely N-dealkylation sites (tertiary alicyclic amines) is 1. The number of hydrogen-bond donors (Lipinski definition) is 1. The van der Waals surface area contributed by atoms with Crippen LogP contribution in [0, 0.1) is 24.5 Å². The summed E-state index contributed by atoms with van der Waals surface area (Å²) in [5.74, 6) is -0.682. The second-order valence-electron chi connectivity index (χ2n) is 4.44. The molecule has 1 heterocycles. The van der Waals surface area contributed by atoms with Gasteiger partial charge in [-0.2, -0.15) is 0 Å². The van der Waals surface area contributed by atoms with Crippen LogP contribution in [0.4, 0.5) is 8.78 Å². The van der Waals surface area contributed by atoms with Crippen molar-refractivity contribution in [2.24, 2.45) is 5.92 Å². The molecule has 16 heavy (non-hydrogen) atoms. The SMILES string of the molecule is Cc1cc(CN2CC(CO)C2)c(F)cc1F. The van der Waals surface area contributed by atoms with E-state index in [4.69, 9.17) is 5.11 Å². The molecule has 0 spiro atoms. The minimum absolute atomic E-state index is 0.182. The van der Waals surface area contributed by atoms with Crippen LogP contribution in [0.2, 0.25) is 0 Å². The number of aliphatic hydroxyl groups is 1. The maximum atomic E-state index is 13.4. The van der Waals surface area contributed by atoms with E-state index < -0.39 is 11.6 Å². The number of hydrogen-bond acceptors (Lipinski definition) is 2. The summed E-state index contributed by atoms with van der Waals surface area (Å²) in [6, 6.07) is 2.49. The second-order valence-corrected chi connectivity index (χ2v) is 4.44. The van der Waals surface area contributed by atoms with Gasteiger partial charge in [-0.15, -0.1) is 0 Å². The van der Waals surface area contributed by atoms with Gasteiger partial charge in [-0.05, 0) is 18.6 Å². The van der Waals surface area contributed by atoms with E-state index in [1.807, 2.05) is 4.90 Å². The number of rotatable bonds is 3. The van der Waals surface area contributed by atoms with Crippen LogP contribution >= 0.6 is 0 Å². The van der Waals surface area contributed by atoms with E-state index in [0.29, 0.717) is 23.6 Å². The molecule has 1 aliphatic heterocycles. The molecular formula is C12H15F2NO. The molecule has 0 radical (unpaired) electrons. The average Bonchev–Trinajstić information content (AvgIpc) is 2.18. The summed E-state index contributed by atoms with van der Waals surface area (Å²) in [6.07, 6.45) is 0. The van der Waals surface area contributed by atoms with E-state index in [1.165, 1.54) is 0 Å². The van der Waals surface area contributed by atoms with Crippen LogP contribution in [0.1, 0.15) is 11.1 Å². The van der Waals surface area contributed by atoms with Gasteiger partial charge in [0, 0.05) is 43.8 Å². The molecule has 1 aromatic rings. The topological polar surface area (TPSA) is 23.5 Å². The van der Waals surface area contributed by atoms with Gasteiger partial charge >= 0.3 is 0 Å². The molecule has 0 amide bonds. The maximum Gasteiger partial charge on any atom is 0.130 e. The third-order valence-electron chi connectivity index (χ3n) is 3.01. The molecule has 1 aromatic carbocycles. The first-order valence-corrected chi connectivity index (χ1v) is 5.38. The van der Waals surface area contributed by atoms with E-state index >= 15 is 0 Å². The first-order valence-electron chi connectivity index (χ1n) is 5.38. The Kier molecular flexibility index (Phi) is 3.21. The third-order valence-corrected chi connectivity index (χ3v) is 3.01. The molecule has 1 aliphatic rings. The van der Waals surface area contributed by atoms with Gasteiger partial charge in [0.25, 0.3) is 0 Å². The third kappa shape index (κ3) is 2.23. The summed E-state index contributed by atoms with van der Waals surface area (Å²) < 4.78 is 26.4. The van der Waals surface area contributed by atoms with Crippen LogP contribution in [-0.2, 0) is 6.54 Å². The van der Waals surface area contributed by atoms with Gasteiger partial charge in [0.2, 0.25) is 0 Å². The maximum absolute atomic E-state index is 13.4. The van der Waals surface area contributed by atoms with Gasteiger partial charge in [0.05, 0.1) is 0 Å². The summed E-state index contributed by atoms with van der Waals surface area (Å²) in [6.45, 7) is 3.87. The van der Waals surface area contributed by atoms with Crippen molar-refractivity contribution >= 4 is 0 Å². The van der Waals surface area contributed by atoms with E-state index in [2.05, 4.69) is 0 Å². The Bertz CT molecular complexity index is 389. The highest BCUT2D eigenvalue weighted by atomic mass is 19.1. The van der Waals surface area contributed by atoms with Crippen molar-refractivity contribution in [3.63, 3.8) is 0 Å². The number of aryl methyl sites for hydroxylation is 1. The second kappa shape index (κ2) is 4.47. The lowest BCUT2D eigenvalue weighted by Gasteiger charge is -2.38. The minimum atomic E-state index is -0.502. The summed E-state index contributed by atoms with van der Waals surface area (Å²) in [5, 5.41) is 8.85. The molecule has 1 N–H and O–H groups in total. The van der Waals surface area contributed by atoms with Crippen molar-refractivity contribution in [3.8, 4) is 0 Å². The average molecular weight is 227 g/mol. The van der Waals surface area contributed by atoms with Crippen molar-refractivity contribution in [2.45, 2.75) is 13.5 Å². The Hall–Kier alpha value is -1.00. The lowest BCUT2D eigenvalue weighted by molar-refractivity contribution is 0.0471. The Labute approximate surface area is 93.5 Å². The highest BCUT2D eigenvalue weighted by Crippen LogP contribution is 2.21. The van der Waals surface area contributed by atoms with Crippen LogP contribution in [0.15, 0.2) is 12.1 Å². The van der Waals surface area contributed by atoms with Gasteiger partial charge in [0.1, 0.15) is 11.6 Å². The number of halogens is 2. The van der Waals surface area contributed by atoms with Crippen LogP contribution in [0.5, 0.6) is 0 Å². The number of benzene rings is 1. The van der Waals surface area contributed by atoms with Crippen molar-refractivity contribution in [1.82, 2.24) is 4.90 Å². The predicted molar refractivity (Wildman–Crippen MR) is 56.9 cm³/mol. The molecule has 0 bridgehead atoms. The van der Waals surface area contributed by atoms with Crippen molar-refractivity contribution in [1.29, 1.82) is 0 Å². The minimum Gasteiger partial charge on any atom is -0.396 e. The number of aliphatic hydroxyl groups excluding tert-OH is 1. The molecule has 4 heteroatoms. The molecule has 0 aromatic heterocycles. The first-order chi connectivity index (χ1) is 7.60. The zero-order valence-electron chi connectivity index (χ0n) is 9.21. The Morgan fingerprint density at radius 2 is 2.00 bits per heavy atom. The molecule has 0 aliphatic carbocycles. The monoisotopic (exact) mass is 227 g/mol. The molecule has 0 saturated carbocycles. The van der Waals surface area contributed by atoms with E-state index in [1.54, 1.807) is 13.0 Å². The van der Waals surface area contributed by atoms with Crippen LogP contribution < -0.4 is 0 Å². The molecule has 88 valence electrons. The molecule has 1 fully saturated rings. The molecule has 0 atom stereocenters. The standard InChI is InChI=1S/C12H15F2NO/c1-8-2-10(12(14)3-11(8)13)6-15-4-9(5-15)7-16/h2-3,9,16H,4-7H2,1H3. The Balaban J connectivity index is 2.02. The largest absolute Gasteiger partial charge is 0.396 e. The van der Waals surface area contributed by atoms with Crippen LogP contribution in [0.25, 0.3) is 0 Å². The lowest BCUT2D eigenvalue weighted by atomic mass is 10.00. The van der Waals surface area contributed by atoms with Gasteiger partial charge in [-0.1, -0.05) is 0 Å². The highest BCUT2D eigenvalue weighted by Gasteiger charge is 2.26. The van der Waals surface area contributed by atoms with Gasteiger partial charge < -0.3 is 5.11 Å². The summed E-state index contributed by atoms with van der Waals surface area (Å²) in [7, 11) is 0. The summed E-state index contributed by atoms with van der Waals surface area (Å²) in [4.78, 5) is 2.04. The molecule has 2 nitrogen and oxygen atoms in total. The molecule has 0 unspecified atom stereocenters. The quantitative estimate of drug-likeness (QED) is 0.849. The van der Waals surface area contributed by atoms with Crippen molar-refractivity contribution in [2.75, 3.05) is 19.7 Å². The van der Waals surface area contributed by atoms with Crippen LogP contribution in [-0.4, -0.2) is 29.7 Å². The zero-order chi connectivity index (χ0) is 11.7. The molecular weight excluding hydrogens is 212 g/mol. The van der Waals surface area contributed by atoms with Crippen molar-refractivity contribution in [3.05, 3.63) is 34.9 Å². The van der Waals surface area contributed by atoms with E-state index in [0.717, 1.165) is 19.2 Å². The summed E-state index contributed by atoms with van der Waals surface area (Å²) >= 11 is 0. The molecule has 1 saturated heterocycles. The van der Waals surface area contributed by atoms with Crippen molar-refractivity contribution < 1.29 is 13.9 Å². The summed E-state index contributed by atoms with van der Waals surface area (Å²) in [5.41, 5.74) is 0.992. The fraction of sp³-hybridized carbons (Fsp3) is 0.500. The normalized spacial score (nSPS) is 17.5. The molecule has 2 rings (SSSR count). The fourth-order valence-corrected chi connectivity index (χ4v) is 2.00. The van der Waals surface area contributed by atoms with E-state index in [9.17, 15) is 8.78 Å². The van der Waals surface area contributed by atoms with E-state index in [-0.39, 0.29) is 6.61 Å². The number of nitrogens with zero attached hydrogens (tertiary/aromatic N) is 1.